The van der Waals surface area contributed by atoms with Gasteiger partial charge in [0, 0.05) is 13.6 Å². The second-order valence-corrected chi connectivity index (χ2v) is 4.73. The summed E-state index contributed by atoms with van der Waals surface area (Å²) in [6, 6.07) is 2.79. The van der Waals surface area contributed by atoms with Gasteiger partial charge in [0.05, 0.1) is 32.6 Å². The second kappa shape index (κ2) is 6.53. The number of hydrogen-bond acceptors (Lipinski definition) is 5. The normalized spacial score (nSPS) is 19.8. The Hall–Kier alpha value is -1.86. The molecule has 1 fully saturated rings. The van der Waals surface area contributed by atoms with Gasteiger partial charge in [-0.05, 0) is 12.1 Å². The van der Waals surface area contributed by atoms with E-state index in [1.165, 1.54) is 4.90 Å². The number of hydrogen-bond donors (Lipinski definition) is 1. The van der Waals surface area contributed by atoms with Crippen LogP contribution in [0.2, 0.25) is 0 Å². The number of amides is 1. The third-order valence-corrected chi connectivity index (χ3v) is 3.26. The molecule has 2 rings (SSSR count). The van der Waals surface area contributed by atoms with Gasteiger partial charge in [0.1, 0.15) is 11.8 Å². The molecule has 1 unspecified atom stereocenters. The van der Waals surface area contributed by atoms with Crippen molar-refractivity contribution in [1.29, 1.82) is 0 Å². The van der Waals surface area contributed by atoms with Gasteiger partial charge in [-0.2, -0.15) is 0 Å². The summed E-state index contributed by atoms with van der Waals surface area (Å²) in [7, 11) is 1.67. The lowest BCUT2D eigenvalue weighted by molar-refractivity contribution is -0.151. The molecule has 1 atom stereocenters. The van der Waals surface area contributed by atoms with Gasteiger partial charge in [-0.1, -0.05) is 0 Å². The Morgan fingerprint density at radius 1 is 1.55 bits per heavy atom. The molecule has 1 N–H and O–H groups in total. The van der Waals surface area contributed by atoms with E-state index in [0.717, 1.165) is 0 Å². The van der Waals surface area contributed by atoms with Gasteiger partial charge < -0.3 is 19.2 Å². The minimum absolute atomic E-state index is 0.0670. The van der Waals surface area contributed by atoms with Gasteiger partial charge in [-0.25, -0.2) is 0 Å². The molecule has 1 saturated heterocycles. The standard InChI is InChI=1S/C13H18N2O5/c1-14(7-10-3-2-5-20-10)12(16)8-15-4-6-19-9-11(15)13(17)18/h2-3,5,11H,4,6-9H2,1H3,(H,17,18). The molecule has 20 heavy (non-hydrogen) atoms. The maximum Gasteiger partial charge on any atom is 0.323 e. The predicted molar refractivity (Wildman–Crippen MR) is 69.0 cm³/mol. The number of carboxylic acids is 1. The number of nitrogens with zero attached hydrogens (tertiary/aromatic N) is 2. The summed E-state index contributed by atoms with van der Waals surface area (Å²) in [5.41, 5.74) is 0. The molecular weight excluding hydrogens is 264 g/mol. The van der Waals surface area contributed by atoms with Gasteiger partial charge in [-0.3, -0.25) is 14.5 Å². The molecule has 0 aromatic carbocycles. The van der Waals surface area contributed by atoms with Crippen LogP contribution in [0.25, 0.3) is 0 Å². The highest BCUT2D eigenvalue weighted by atomic mass is 16.5. The quantitative estimate of drug-likeness (QED) is 0.820. The van der Waals surface area contributed by atoms with Crippen LogP contribution in [0.3, 0.4) is 0 Å². The Kier molecular flexibility index (Phi) is 4.75. The Balaban J connectivity index is 1.90. The fraction of sp³-hybridized carbons (Fsp3) is 0.538. The fourth-order valence-electron chi connectivity index (χ4n) is 2.07. The fourth-order valence-corrected chi connectivity index (χ4v) is 2.07. The average Bonchev–Trinajstić information content (AvgIpc) is 2.91. The first-order valence-electron chi connectivity index (χ1n) is 6.39. The number of rotatable bonds is 5. The lowest BCUT2D eigenvalue weighted by Crippen LogP contribution is -2.53. The summed E-state index contributed by atoms with van der Waals surface area (Å²) in [5.74, 6) is -0.418. The molecule has 0 radical (unpaired) electrons. The van der Waals surface area contributed by atoms with Gasteiger partial charge in [-0.15, -0.1) is 0 Å². The van der Waals surface area contributed by atoms with Crippen LogP contribution >= 0.6 is 0 Å². The molecule has 0 spiro atoms. The smallest absolute Gasteiger partial charge is 0.323 e. The molecule has 0 aliphatic carbocycles. The number of likely N-dealkylation sites (N-methyl/N-ethyl adjacent to an activating group) is 1. The Morgan fingerprint density at radius 3 is 3.00 bits per heavy atom. The van der Waals surface area contributed by atoms with E-state index in [1.54, 1.807) is 30.3 Å². The first-order chi connectivity index (χ1) is 9.58. The Bertz CT molecular complexity index is 459. The molecule has 0 saturated carbocycles. The van der Waals surface area contributed by atoms with E-state index in [0.29, 0.717) is 25.5 Å². The van der Waals surface area contributed by atoms with Gasteiger partial charge in [0.25, 0.3) is 0 Å². The molecule has 1 amide bonds. The summed E-state index contributed by atoms with van der Waals surface area (Å²) in [6.07, 6.45) is 1.55. The highest BCUT2D eigenvalue weighted by Gasteiger charge is 2.31. The first-order valence-corrected chi connectivity index (χ1v) is 6.39. The van der Waals surface area contributed by atoms with E-state index in [1.807, 2.05) is 0 Å². The first kappa shape index (κ1) is 14.5. The van der Waals surface area contributed by atoms with Crippen molar-refractivity contribution in [1.82, 2.24) is 9.80 Å². The average molecular weight is 282 g/mol. The van der Waals surface area contributed by atoms with Crippen molar-refractivity contribution in [3.05, 3.63) is 24.2 Å². The number of furan rings is 1. The number of carboxylic acid groups (broad SMARTS) is 1. The molecule has 0 bridgehead atoms. The molecule has 7 nitrogen and oxygen atoms in total. The van der Waals surface area contributed by atoms with Crippen molar-refractivity contribution in [3.63, 3.8) is 0 Å². The van der Waals surface area contributed by atoms with Crippen molar-refractivity contribution in [2.24, 2.45) is 0 Å². The van der Waals surface area contributed by atoms with Gasteiger partial charge in [0.15, 0.2) is 0 Å². The Labute approximate surface area is 116 Å². The number of aliphatic carboxylic acids is 1. The SMILES string of the molecule is CN(Cc1ccco1)C(=O)CN1CCOCC1C(=O)O. The van der Waals surface area contributed by atoms with E-state index in [4.69, 9.17) is 14.3 Å². The number of carbonyl (C=O) groups is 2. The Morgan fingerprint density at radius 2 is 2.35 bits per heavy atom. The van der Waals surface area contributed by atoms with Gasteiger partial charge >= 0.3 is 5.97 Å². The summed E-state index contributed by atoms with van der Waals surface area (Å²) in [4.78, 5) is 26.4. The van der Waals surface area contributed by atoms with E-state index in [2.05, 4.69) is 0 Å². The van der Waals surface area contributed by atoms with E-state index < -0.39 is 12.0 Å². The maximum atomic E-state index is 12.1. The monoisotopic (exact) mass is 282 g/mol. The highest BCUT2D eigenvalue weighted by molar-refractivity contribution is 5.80. The minimum Gasteiger partial charge on any atom is -0.480 e. The van der Waals surface area contributed by atoms with Crippen LogP contribution in [0, 0.1) is 0 Å². The minimum atomic E-state index is -0.966. The maximum absolute atomic E-state index is 12.1. The molecule has 2 heterocycles. The summed E-state index contributed by atoms with van der Waals surface area (Å²) < 4.78 is 10.3. The summed E-state index contributed by atoms with van der Waals surface area (Å²) in [5, 5.41) is 9.11. The molecule has 1 aliphatic heterocycles. The summed E-state index contributed by atoms with van der Waals surface area (Å²) in [6.45, 7) is 1.44. The lowest BCUT2D eigenvalue weighted by atomic mass is 10.2. The molecule has 1 aromatic heterocycles. The topological polar surface area (TPSA) is 83.2 Å². The third kappa shape index (κ3) is 3.58. The zero-order chi connectivity index (χ0) is 14.5. The number of morpholine rings is 1. The van der Waals surface area contributed by atoms with Crippen LogP contribution in [0.5, 0.6) is 0 Å². The van der Waals surface area contributed by atoms with Crippen molar-refractivity contribution < 1.29 is 23.8 Å². The molecule has 1 aliphatic rings. The van der Waals surface area contributed by atoms with Crippen LogP contribution in [0.1, 0.15) is 5.76 Å². The van der Waals surface area contributed by atoms with E-state index >= 15 is 0 Å². The zero-order valence-corrected chi connectivity index (χ0v) is 11.3. The molecule has 110 valence electrons. The van der Waals surface area contributed by atoms with Crippen LogP contribution < -0.4 is 0 Å². The third-order valence-electron chi connectivity index (χ3n) is 3.26. The molecular formula is C13H18N2O5. The van der Waals surface area contributed by atoms with Crippen molar-refractivity contribution in [2.45, 2.75) is 12.6 Å². The van der Waals surface area contributed by atoms with Crippen LogP contribution in [-0.4, -0.2) is 66.2 Å². The van der Waals surface area contributed by atoms with Crippen LogP contribution in [-0.2, 0) is 20.9 Å². The van der Waals surface area contributed by atoms with Gasteiger partial charge in [0.2, 0.25) is 5.91 Å². The molecule has 1 aromatic rings. The van der Waals surface area contributed by atoms with Crippen molar-refractivity contribution in [2.75, 3.05) is 33.4 Å². The number of ether oxygens (including phenoxy) is 1. The predicted octanol–water partition coefficient (Wildman–Crippen LogP) is 0.0234. The summed E-state index contributed by atoms with van der Waals surface area (Å²) >= 11 is 0. The zero-order valence-electron chi connectivity index (χ0n) is 11.3. The largest absolute Gasteiger partial charge is 0.480 e. The second-order valence-electron chi connectivity index (χ2n) is 4.73. The molecule has 7 heteroatoms. The van der Waals surface area contributed by atoms with Crippen molar-refractivity contribution in [3.8, 4) is 0 Å². The van der Waals surface area contributed by atoms with E-state index in [-0.39, 0.29) is 19.1 Å². The van der Waals surface area contributed by atoms with Crippen LogP contribution in [0.15, 0.2) is 22.8 Å². The lowest BCUT2D eigenvalue weighted by Gasteiger charge is -2.33. The van der Waals surface area contributed by atoms with Crippen LogP contribution in [0.4, 0.5) is 0 Å². The highest BCUT2D eigenvalue weighted by Crippen LogP contribution is 2.09. The van der Waals surface area contributed by atoms with E-state index in [9.17, 15) is 9.59 Å². The number of carbonyl (C=O) groups excluding carboxylic acids is 1. The van der Waals surface area contributed by atoms with Crippen molar-refractivity contribution >= 4 is 11.9 Å².